The highest BCUT2D eigenvalue weighted by Gasteiger charge is 2.41. The first-order chi connectivity index (χ1) is 7.79. The van der Waals surface area contributed by atoms with Crippen LogP contribution in [-0.2, 0) is 4.74 Å². The maximum atomic E-state index is 6.07. The van der Waals surface area contributed by atoms with E-state index in [9.17, 15) is 0 Å². The summed E-state index contributed by atoms with van der Waals surface area (Å²) in [7, 11) is 0. The third kappa shape index (κ3) is 1.61. The third-order valence-electron chi connectivity index (χ3n) is 3.53. The van der Waals surface area contributed by atoms with Crippen LogP contribution in [0.1, 0.15) is 43.8 Å². The first-order valence-corrected chi connectivity index (χ1v) is 6.08. The summed E-state index contributed by atoms with van der Waals surface area (Å²) in [5.74, 6) is 0.564. The standard InChI is InChI=1S/C14H17O2/c1-11-12-7-3-4-8-13(12)16-14(15-11)9-5-2-6-10-14/h3-4,7-8,11H,1-2,5-6,9-10H2/t11-/m1/s1. The van der Waals surface area contributed by atoms with Crippen molar-refractivity contribution in [2.24, 2.45) is 0 Å². The topological polar surface area (TPSA) is 18.5 Å². The molecule has 0 amide bonds. The van der Waals surface area contributed by atoms with Gasteiger partial charge in [-0.25, -0.2) is 0 Å². The van der Waals surface area contributed by atoms with Crippen molar-refractivity contribution in [1.29, 1.82) is 0 Å². The number of fused-ring (bicyclic) bond motifs is 1. The van der Waals surface area contributed by atoms with Crippen molar-refractivity contribution in [2.45, 2.75) is 44.0 Å². The van der Waals surface area contributed by atoms with E-state index >= 15 is 0 Å². The van der Waals surface area contributed by atoms with Gasteiger partial charge in [0.15, 0.2) is 0 Å². The van der Waals surface area contributed by atoms with Crippen LogP contribution in [0.3, 0.4) is 0 Å². The van der Waals surface area contributed by atoms with Gasteiger partial charge in [0.1, 0.15) is 5.75 Å². The average Bonchev–Trinajstić information content (AvgIpc) is 2.30. The molecule has 2 nitrogen and oxygen atoms in total. The molecular formula is C14H17O2. The summed E-state index contributed by atoms with van der Waals surface area (Å²) >= 11 is 0. The minimum atomic E-state index is -0.390. The van der Waals surface area contributed by atoms with E-state index in [-0.39, 0.29) is 11.9 Å². The van der Waals surface area contributed by atoms with Crippen LogP contribution in [-0.4, -0.2) is 5.79 Å². The number of rotatable bonds is 0. The molecule has 0 unspecified atom stereocenters. The molecule has 1 heterocycles. The van der Waals surface area contributed by atoms with Crippen molar-refractivity contribution in [2.75, 3.05) is 0 Å². The fourth-order valence-corrected chi connectivity index (χ4v) is 2.70. The van der Waals surface area contributed by atoms with Crippen LogP contribution in [0.4, 0.5) is 0 Å². The van der Waals surface area contributed by atoms with E-state index in [2.05, 4.69) is 6.92 Å². The summed E-state index contributed by atoms with van der Waals surface area (Å²) in [6.45, 7) is 4.09. The number of hydrogen-bond acceptors (Lipinski definition) is 2. The molecule has 1 atom stereocenters. The highest BCUT2D eigenvalue weighted by atomic mass is 16.7. The number of para-hydroxylation sites is 1. The Morgan fingerprint density at radius 1 is 1.12 bits per heavy atom. The van der Waals surface area contributed by atoms with Crippen LogP contribution in [0.25, 0.3) is 0 Å². The van der Waals surface area contributed by atoms with E-state index in [4.69, 9.17) is 9.47 Å². The Bertz CT molecular complexity index is 380. The maximum Gasteiger partial charge on any atom is 0.211 e. The molecule has 1 aromatic carbocycles. The van der Waals surface area contributed by atoms with Crippen molar-refractivity contribution in [1.82, 2.24) is 0 Å². The van der Waals surface area contributed by atoms with Gasteiger partial charge in [-0.15, -0.1) is 0 Å². The Balaban J connectivity index is 1.93. The van der Waals surface area contributed by atoms with Crippen LogP contribution in [0.5, 0.6) is 5.75 Å². The van der Waals surface area contributed by atoms with Gasteiger partial charge in [-0.1, -0.05) is 24.6 Å². The zero-order chi connectivity index (χ0) is 11.0. The van der Waals surface area contributed by atoms with Crippen molar-refractivity contribution in [3.05, 3.63) is 36.8 Å². The van der Waals surface area contributed by atoms with E-state index in [1.807, 2.05) is 24.3 Å². The Morgan fingerprint density at radius 3 is 2.69 bits per heavy atom. The molecule has 1 aliphatic heterocycles. The molecule has 3 rings (SSSR count). The molecule has 0 aromatic heterocycles. The van der Waals surface area contributed by atoms with Gasteiger partial charge < -0.3 is 9.47 Å². The second-order valence-corrected chi connectivity index (χ2v) is 4.72. The fraction of sp³-hybridized carbons (Fsp3) is 0.500. The first kappa shape index (κ1) is 10.2. The summed E-state index contributed by atoms with van der Waals surface area (Å²) in [5, 5.41) is 0. The highest BCUT2D eigenvalue weighted by molar-refractivity contribution is 5.37. The monoisotopic (exact) mass is 217 g/mol. The molecule has 2 heteroatoms. The Kier molecular flexibility index (Phi) is 2.40. The van der Waals surface area contributed by atoms with Gasteiger partial charge in [-0.05, 0) is 25.8 Å². The third-order valence-corrected chi connectivity index (χ3v) is 3.53. The number of benzene rings is 1. The van der Waals surface area contributed by atoms with Gasteiger partial charge in [-0.2, -0.15) is 0 Å². The molecule has 16 heavy (non-hydrogen) atoms. The quantitative estimate of drug-likeness (QED) is 0.660. The second kappa shape index (κ2) is 3.77. The summed E-state index contributed by atoms with van der Waals surface area (Å²) in [5.41, 5.74) is 1.07. The average molecular weight is 217 g/mol. The first-order valence-electron chi connectivity index (χ1n) is 6.08. The normalized spacial score (nSPS) is 27.2. The molecule has 1 aliphatic carbocycles. The maximum absolute atomic E-state index is 6.07. The molecule has 1 radical (unpaired) electrons. The van der Waals surface area contributed by atoms with Crippen LogP contribution < -0.4 is 4.74 Å². The highest BCUT2D eigenvalue weighted by Crippen LogP contribution is 2.44. The van der Waals surface area contributed by atoms with Crippen LogP contribution in [0.2, 0.25) is 0 Å². The molecule has 2 aliphatic rings. The van der Waals surface area contributed by atoms with Crippen molar-refractivity contribution in [3.63, 3.8) is 0 Å². The van der Waals surface area contributed by atoms with E-state index in [0.717, 1.165) is 24.2 Å². The van der Waals surface area contributed by atoms with Crippen LogP contribution in [0, 0.1) is 6.92 Å². The summed E-state index contributed by atoms with van der Waals surface area (Å²) in [6, 6.07) is 8.06. The van der Waals surface area contributed by atoms with Gasteiger partial charge >= 0.3 is 0 Å². The van der Waals surface area contributed by atoms with Gasteiger partial charge in [0.2, 0.25) is 5.79 Å². The number of ether oxygens (including phenoxy) is 2. The van der Waals surface area contributed by atoms with E-state index in [1.165, 1.54) is 19.3 Å². The smallest absolute Gasteiger partial charge is 0.211 e. The SMILES string of the molecule is [CH2][C@H]1OC2(CCCCC2)Oc2ccccc21. The predicted octanol–water partition coefficient (Wildman–Crippen LogP) is 3.63. The summed E-state index contributed by atoms with van der Waals surface area (Å²) < 4.78 is 12.1. The molecule has 0 saturated heterocycles. The summed E-state index contributed by atoms with van der Waals surface area (Å²) in [6.07, 6.45) is 5.56. The van der Waals surface area contributed by atoms with Gasteiger partial charge in [0.05, 0.1) is 6.10 Å². The zero-order valence-corrected chi connectivity index (χ0v) is 9.45. The molecule has 1 saturated carbocycles. The molecule has 0 N–H and O–H groups in total. The summed E-state index contributed by atoms with van der Waals surface area (Å²) in [4.78, 5) is 0. The lowest BCUT2D eigenvalue weighted by Gasteiger charge is -2.43. The second-order valence-electron chi connectivity index (χ2n) is 4.72. The van der Waals surface area contributed by atoms with E-state index in [0.29, 0.717) is 0 Å². The lowest BCUT2D eigenvalue weighted by molar-refractivity contribution is -0.235. The Labute approximate surface area is 96.6 Å². The van der Waals surface area contributed by atoms with Crippen LogP contribution in [0.15, 0.2) is 24.3 Å². The fourth-order valence-electron chi connectivity index (χ4n) is 2.70. The lowest BCUT2D eigenvalue weighted by Crippen LogP contribution is -2.44. The lowest BCUT2D eigenvalue weighted by atomic mass is 9.92. The minimum Gasteiger partial charge on any atom is -0.462 e. The predicted molar refractivity (Wildman–Crippen MR) is 62.1 cm³/mol. The molecule has 1 spiro atoms. The molecule has 1 aromatic rings. The Morgan fingerprint density at radius 2 is 1.88 bits per heavy atom. The largest absolute Gasteiger partial charge is 0.462 e. The van der Waals surface area contributed by atoms with Gasteiger partial charge in [0.25, 0.3) is 0 Å². The number of hydrogen-bond donors (Lipinski definition) is 0. The van der Waals surface area contributed by atoms with E-state index < -0.39 is 0 Å². The Hall–Kier alpha value is -1.02. The van der Waals surface area contributed by atoms with Crippen molar-refractivity contribution < 1.29 is 9.47 Å². The van der Waals surface area contributed by atoms with Crippen LogP contribution >= 0.6 is 0 Å². The van der Waals surface area contributed by atoms with Gasteiger partial charge in [0, 0.05) is 18.4 Å². The molecular weight excluding hydrogens is 200 g/mol. The van der Waals surface area contributed by atoms with Crippen molar-refractivity contribution in [3.8, 4) is 5.75 Å². The molecule has 1 fully saturated rings. The van der Waals surface area contributed by atoms with Gasteiger partial charge in [-0.3, -0.25) is 0 Å². The minimum absolute atomic E-state index is 0.0944. The zero-order valence-electron chi connectivity index (χ0n) is 9.45. The van der Waals surface area contributed by atoms with Crippen molar-refractivity contribution >= 4 is 0 Å². The molecule has 85 valence electrons. The molecule has 0 bridgehead atoms. The van der Waals surface area contributed by atoms with E-state index in [1.54, 1.807) is 0 Å².